The van der Waals surface area contributed by atoms with Crippen LogP contribution in [-0.4, -0.2) is 43.9 Å². The zero-order valence-electron chi connectivity index (χ0n) is 12.2. The van der Waals surface area contributed by atoms with Crippen molar-refractivity contribution in [1.29, 1.82) is 0 Å². The summed E-state index contributed by atoms with van der Waals surface area (Å²) >= 11 is 0. The van der Waals surface area contributed by atoms with E-state index in [0.717, 1.165) is 0 Å². The molecule has 5 N–H and O–H groups in total. The number of carbonyl (C=O) groups excluding carboxylic acids is 1. The standard InChI is InChI=1S/C14H23N3O3/c1-14(19,6-7-20-3)9-17-12-5-4-10(8-11(12)15)13(18)16-2/h4-5,8,17,19H,6-7,9,15H2,1-3H3,(H,16,18). The molecule has 0 radical (unpaired) electrons. The van der Waals surface area contributed by atoms with Crippen LogP contribution in [0.1, 0.15) is 23.7 Å². The van der Waals surface area contributed by atoms with Gasteiger partial charge in [-0.1, -0.05) is 0 Å². The van der Waals surface area contributed by atoms with Crippen molar-refractivity contribution in [2.45, 2.75) is 18.9 Å². The average molecular weight is 281 g/mol. The third-order valence-electron chi connectivity index (χ3n) is 3.05. The van der Waals surface area contributed by atoms with E-state index in [9.17, 15) is 9.90 Å². The lowest BCUT2D eigenvalue weighted by Gasteiger charge is -2.24. The summed E-state index contributed by atoms with van der Waals surface area (Å²) in [5.74, 6) is -0.185. The first kappa shape index (κ1) is 16.3. The lowest BCUT2D eigenvalue weighted by Crippen LogP contribution is -2.34. The van der Waals surface area contributed by atoms with Crippen molar-refractivity contribution in [1.82, 2.24) is 5.32 Å². The zero-order valence-corrected chi connectivity index (χ0v) is 12.2. The Morgan fingerprint density at radius 1 is 1.50 bits per heavy atom. The fourth-order valence-corrected chi connectivity index (χ4v) is 1.71. The van der Waals surface area contributed by atoms with Crippen molar-refractivity contribution in [2.75, 3.05) is 38.4 Å². The van der Waals surface area contributed by atoms with E-state index in [2.05, 4.69) is 10.6 Å². The molecule has 0 bridgehead atoms. The van der Waals surface area contributed by atoms with Gasteiger partial charge in [0, 0.05) is 39.3 Å². The summed E-state index contributed by atoms with van der Waals surface area (Å²) in [5.41, 5.74) is 6.67. The Balaban J connectivity index is 2.67. The highest BCUT2D eigenvalue weighted by atomic mass is 16.5. The zero-order chi connectivity index (χ0) is 15.2. The molecule has 0 saturated heterocycles. The molecule has 6 heteroatoms. The Bertz CT molecular complexity index is 461. The van der Waals surface area contributed by atoms with Gasteiger partial charge in [0.2, 0.25) is 0 Å². The predicted octanol–water partition coefficient (Wildman–Crippen LogP) is 0.828. The van der Waals surface area contributed by atoms with E-state index in [0.29, 0.717) is 36.5 Å². The first-order valence-corrected chi connectivity index (χ1v) is 6.46. The van der Waals surface area contributed by atoms with Crippen molar-refractivity contribution >= 4 is 17.3 Å². The molecule has 1 unspecified atom stereocenters. The third kappa shape index (κ3) is 4.71. The van der Waals surface area contributed by atoms with Gasteiger partial charge >= 0.3 is 0 Å². The predicted molar refractivity (Wildman–Crippen MR) is 79.9 cm³/mol. The highest BCUT2D eigenvalue weighted by Crippen LogP contribution is 2.21. The van der Waals surface area contributed by atoms with Crippen LogP contribution in [0.25, 0.3) is 0 Å². The average Bonchev–Trinajstić information content (AvgIpc) is 2.43. The van der Waals surface area contributed by atoms with Gasteiger partial charge in [-0.05, 0) is 25.1 Å². The van der Waals surface area contributed by atoms with Crippen molar-refractivity contribution in [2.24, 2.45) is 0 Å². The molecule has 0 saturated carbocycles. The number of carbonyl (C=O) groups is 1. The molecule has 6 nitrogen and oxygen atoms in total. The van der Waals surface area contributed by atoms with Crippen molar-refractivity contribution in [3.63, 3.8) is 0 Å². The van der Waals surface area contributed by atoms with Gasteiger partial charge in [0.05, 0.1) is 17.0 Å². The van der Waals surface area contributed by atoms with Gasteiger partial charge in [-0.25, -0.2) is 0 Å². The van der Waals surface area contributed by atoms with Crippen LogP contribution in [0.2, 0.25) is 0 Å². The Morgan fingerprint density at radius 2 is 2.20 bits per heavy atom. The van der Waals surface area contributed by atoms with E-state index in [-0.39, 0.29) is 5.91 Å². The number of nitrogen functional groups attached to an aromatic ring is 1. The van der Waals surface area contributed by atoms with Gasteiger partial charge in [0.1, 0.15) is 0 Å². The molecular weight excluding hydrogens is 258 g/mol. The van der Waals surface area contributed by atoms with Gasteiger partial charge in [-0.15, -0.1) is 0 Å². The lowest BCUT2D eigenvalue weighted by molar-refractivity contribution is 0.0357. The van der Waals surface area contributed by atoms with E-state index in [1.807, 2.05) is 0 Å². The number of nitrogens with two attached hydrogens (primary N) is 1. The Kier molecular flexibility index (Phi) is 5.79. The molecule has 0 fully saturated rings. The Labute approximate surface area is 119 Å². The number of nitrogens with one attached hydrogen (secondary N) is 2. The first-order chi connectivity index (χ1) is 9.39. The summed E-state index contributed by atoms with van der Waals surface area (Å²) in [7, 11) is 3.16. The highest BCUT2D eigenvalue weighted by molar-refractivity contribution is 5.95. The van der Waals surface area contributed by atoms with E-state index < -0.39 is 5.60 Å². The summed E-state index contributed by atoms with van der Waals surface area (Å²) < 4.78 is 4.95. The molecule has 1 rings (SSSR count). The van der Waals surface area contributed by atoms with Crippen molar-refractivity contribution in [3.8, 4) is 0 Å². The highest BCUT2D eigenvalue weighted by Gasteiger charge is 2.20. The molecule has 0 aliphatic heterocycles. The lowest BCUT2D eigenvalue weighted by atomic mass is 10.0. The van der Waals surface area contributed by atoms with E-state index in [1.54, 1.807) is 39.3 Å². The molecule has 112 valence electrons. The number of amides is 1. The third-order valence-corrected chi connectivity index (χ3v) is 3.05. The van der Waals surface area contributed by atoms with Crippen LogP contribution in [0.4, 0.5) is 11.4 Å². The van der Waals surface area contributed by atoms with E-state index >= 15 is 0 Å². The molecule has 0 heterocycles. The minimum absolute atomic E-state index is 0.185. The Hall–Kier alpha value is -1.79. The minimum atomic E-state index is -0.887. The van der Waals surface area contributed by atoms with Crippen molar-refractivity contribution < 1.29 is 14.6 Å². The topological polar surface area (TPSA) is 96.6 Å². The van der Waals surface area contributed by atoms with Crippen molar-refractivity contribution in [3.05, 3.63) is 23.8 Å². The van der Waals surface area contributed by atoms with Gasteiger partial charge in [-0.2, -0.15) is 0 Å². The summed E-state index contributed by atoms with van der Waals surface area (Å²) in [6, 6.07) is 5.01. The van der Waals surface area contributed by atoms with Crippen LogP contribution >= 0.6 is 0 Å². The molecule has 0 aromatic heterocycles. The van der Waals surface area contributed by atoms with Crippen LogP contribution in [0.3, 0.4) is 0 Å². The molecule has 1 aromatic rings. The molecule has 0 aliphatic carbocycles. The maximum Gasteiger partial charge on any atom is 0.251 e. The van der Waals surface area contributed by atoms with Gasteiger partial charge in [-0.3, -0.25) is 4.79 Å². The van der Waals surface area contributed by atoms with Crippen LogP contribution < -0.4 is 16.4 Å². The summed E-state index contributed by atoms with van der Waals surface area (Å²) in [6.45, 7) is 2.56. The minimum Gasteiger partial charge on any atom is -0.397 e. The van der Waals surface area contributed by atoms with Crippen LogP contribution in [-0.2, 0) is 4.74 Å². The number of hydrogen-bond acceptors (Lipinski definition) is 5. The monoisotopic (exact) mass is 281 g/mol. The molecule has 1 atom stereocenters. The van der Waals surface area contributed by atoms with Gasteiger partial charge in [0.25, 0.3) is 5.91 Å². The normalized spacial score (nSPS) is 13.6. The van der Waals surface area contributed by atoms with Crippen LogP contribution in [0, 0.1) is 0 Å². The number of benzene rings is 1. The van der Waals surface area contributed by atoms with Gasteiger partial charge < -0.3 is 26.2 Å². The quantitative estimate of drug-likeness (QED) is 0.555. The number of methoxy groups -OCH3 is 1. The molecule has 0 aliphatic rings. The second-order valence-corrected chi connectivity index (χ2v) is 4.97. The smallest absolute Gasteiger partial charge is 0.251 e. The maximum atomic E-state index is 11.5. The summed E-state index contributed by atoms with van der Waals surface area (Å²) in [6.07, 6.45) is 0.521. The second kappa shape index (κ2) is 7.12. The number of anilines is 2. The fourth-order valence-electron chi connectivity index (χ4n) is 1.71. The second-order valence-electron chi connectivity index (χ2n) is 4.97. The number of hydrogen-bond donors (Lipinski definition) is 4. The van der Waals surface area contributed by atoms with E-state index in [1.165, 1.54) is 0 Å². The number of aliphatic hydroxyl groups is 1. The first-order valence-electron chi connectivity index (χ1n) is 6.46. The SMILES string of the molecule is CNC(=O)c1ccc(NCC(C)(O)CCOC)c(N)c1. The molecule has 20 heavy (non-hydrogen) atoms. The molecular formula is C14H23N3O3. The summed E-state index contributed by atoms with van der Waals surface area (Å²) in [4.78, 5) is 11.5. The largest absolute Gasteiger partial charge is 0.397 e. The fraction of sp³-hybridized carbons (Fsp3) is 0.500. The van der Waals surface area contributed by atoms with Gasteiger partial charge in [0.15, 0.2) is 0 Å². The van der Waals surface area contributed by atoms with Crippen LogP contribution in [0.5, 0.6) is 0 Å². The number of ether oxygens (including phenoxy) is 1. The molecule has 1 aromatic carbocycles. The Morgan fingerprint density at radius 3 is 2.75 bits per heavy atom. The number of rotatable bonds is 7. The summed E-state index contributed by atoms with van der Waals surface area (Å²) in [5, 5.41) is 15.8. The molecule has 0 spiro atoms. The van der Waals surface area contributed by atoms with Crippen LogP contribution in [0.15, 0.2) is 18.2 Å². The van der Waals surface area contributed by atoms with E-state index in [4.69, 9.17) is 10.5 Å². The molecule has 1 amide bonds. The maximum absolute atomic E-state index is 11.5.